The molecule has 0 aliphatic carbocycles. The Kier molecular flexibility index (Phi) is 3.35. The maximum atomic E-state index is 8.63. The lowest BCUT2D eigenvalue weighted by Crippen LogP contribution is -2.29. The van der Waals surface area contributed by atoms with E-state index < -0.39 is 5.54 Å². The lowest BCUT2D eigenvalue weighted by atomic mass is 10.1. The van der Waals surface area contributed by atoms with Crippen molar-refractivity contribution in [3.63, 3.8) is 0 Å². The maximum absolute atomic E-state index is 8.63. The third kappa shape index (κ3) is 4.04. The van der Waals surface area contributed by atoms with Crippen LogP contribution in [0.5, 0.6) is 0 Å². The molecule has 68 valence electrons. The maximum Gasteiger partial charge on any atom is 0.161 e. The van der Waals surface area contributed by atoms with Gasteiger partial charge < -0.3 is 5.73 Å². The van der Waals surface area contributed by atoms with Gasteiger partial charge in [-0.05, 0) is 27.7 Å². The van der Waals surface area contributed by atoms with E-state index in [-0.39, 0.29) is 5.54 Å². The zero-order valence-corrected chi connectivity index (χ0v) is 8.13. The SMILES string of the molecule is CC(C)(C#N)/N=N/C(C)(C)CN. The van der Waals surface area contributed by atoms with Crippen LogP contribution in [-0.2, 0) is 0 Å². The molecule has 0 unspecified atom stereocenters. The second kappa shape index (κ2) is 3.63. The predicted molar refractivity (Wildman–Crippen MR) is 47.7 cm³/mol. The van der Waals surface area contributed by atoms with Crippen LogP contribution in [0.25, 0.3) is 0 Å². The Morgan fingerprint density at radius 2 is 1.75 bits per heavy atom. The summed E-state index contributed by atoms with van der Waals surface area (Å²) in [6.07, 6.45) is 0. The fourth-order valence-corrected chi connectivity index (χ4v) is 0.324. The normalized spacial score (nSPS) is 13.3. The Labute approximate surface area is 73.5 Å². The molecule has 0 bridgehead atoms. The van der Waals surface area contributed by atoms with Crippen molar-refractivity contribution in [2.24, 2.45) is 16.0 Å². The minimum Gasteiger partial charge on any atom is -0.328 e. The molecular weight excluding hydrogens is 152 g/mol. The number of hydrogen-bond acceptors (Lipinski definition) is 4. The van der Waals surface area contributed by atoms with Crippen molar-refractivity contribution in [2.45, 2.75) is 38.8 Å². The highest BCUT2D eigenvalue weighted by Gasteiger charge is 2.18. The van der Waals surface area contributed by atoms with Crippen LogP contribution < -0.4 is 5.73 Å². The van der Waals surface area contributed by atoms with Crippen LogP contribution in [0.1, 0.15) is 27.7 Å². The summed E-state index contributed by atoms with van der Waals surface area (Å²) in [6, 6.07) is 2.04. The first kappa shape index (κ1) is 11.1. The van der Waals surface area contributed by atoms with Gasteiger partial charge in [0.1, 0.15) is 0 Å². The molecule has 2 N–H and O–H groups in total. The average molecular weight is 168 g/mol. The molecule has 0 saturated carbocycles. The van der Waals surface area contributed by atoms with E-state index in [4.69, 9.17) is 11.0 Å². The lowest BCUT2D eigenvalue weighted by Gasteiger charge is -2.16. The fraction of sp³-hybridized carbons (Fsp3) is 0.875. The van der Waals surface area contributed by atoms with Crippen molar-refractivity contribution in [3.8, 4) is 6.07 Å². The molecule has 0 aromatic heterocycles. The zero-order valence-electron chi connectivity index (χ0n) is 8.13. The highest BCUT2D eigenvalue weighted by atomic mass is 15.2. The molecule has 0 aromatic rings. The molecule has 0 amide bonds. The lowest BCUT2D eigenvalue weighted by molar-refractivity contribution is 0.468. The number of nitrogens with two attached hydrogens (primary N) is 1. The average Bonchev–Trinajstić information content (AvgIpc) is 2.02. The van der Waals surface area contributed by atoms with Crippen molar-refractivity contribution in [1.29, 1.82) is 5.26 Å². The number of nitriles is 1. The first-order chi connectivity index (χ1) is 5.33. The van der Waals surface area contributed by atoms with Gasteiger partial charge in [-0.1, -0.05) is 0 Å². The number of rotatable bonds is 3. The van der Waals surface area contributed by atoms with E-state index in [0.717, 1.165) is 0 Å². The van der Waals surface area contributed by atoms with Gasteiger partial charge in [0, 0.05) is 6.54 Å². The standard InChI is InChI=1S/C8H16N4/c1-7(2,5-9)11-12-8(3,4)6-10/h5,9H2,1-4H3/b12-11+. The van der Waals surface area contributed by atoms with Gasteiger partial charge in [0.15, 0.2) is 5.54 Å². The van der Waals surface area contributed by atoms with E-state index in [1.807, 2.05) is 19.9 Å². The van der Waals surface area contributed by atoms with E-state index in [1.165, 1.54) is 0 Å². The van der Waals surface area contributed by atoms with Crippen LogP contribution >= 0.6 is 0 Å². The molecule has 0 aliphatic heterocycles. The van der Waals surface area contributed by atoms with E-state index in [0.29, 0.717) is 6.54 Å². The van der Waals surface area contributed by atoms with E-state index in [2.05, 4.69) is 10.2 Å². The van der Waals surface area contributed by atoms with Crippen LogP contribution in [0, 0.1) is 11.3 Å². The van der Waals surface area contributed by atoms with E-state index in [1.54, 1.807) is 13.8 Å². The molecule has 0 heterocycles. The molecule has 0 rings (SSSR count). The summed E-state index contributed by atoms with van der Waals surface area (Å²) in [4.78, 5) is 0. The molecule has 0 aromatic carbocycles. The molecule has 4 nitrogen and oxygen atoms in total. The Balaban J connectivity index is 4.36. The highest BCUT2D eigenvalue weighted by molar-refractivity contribution is 4.99. The Hall–Kier alpha value is -0.950. The van der Waals surface area contributed by atoms with Gasteiger partial charge in [0.2, 0.25) is 0 Å². The van der Waals surface area contributed by atoms with Gasteiger partial charge in [-0.3, -0.25) is 0 Å². The Morgan fingerprint density at radius 1 is 1.25 bits per heavy atom. The Bertz CT molecular complexity index is 210. The second-order valence-corrected chi connectivity index (χ2v) is 3.89. The topological polar surface area (TPSA) is 74.5 Å². The molecule has 0 spiro atoms. The van der Waals surface area contributed by atoms with Crippen molar-refractivity contribution in [1.82, 2.24) is 0 Å². The second-order valence-electron chi connectivity index (χ2n) is 3.89. The molecule has 0 aliphatic rings. The van der Waals surface area contributed by atoms with Crippen LogP contribution in [0.3, 0.4) is 0 Å². The monoisotopic (exact) mass is 168 g/mol. The summed E-state index contributed by atoms with van der Waals surface area (Å²) in [5, 5.41) is 16.5. The minimum atomic E-state index is -0.744. The fourth-order valence-electron chi connectivity index (χ4n) is 0.324. The van der Waals surface area contributed by atoms with Crippen molar-refractivity contribution >= 4 is 0 Å². The molecule has 0 atom stereocenters. The van der Waals surface area contributed by atoms with Crippen LogP contribution in [0.4, 0.5) is 0 Å². The molecule has 0 fully saturated rings. The highest BCUT2D eigenvalue weighted by Crippen LogP contribution is 2.13. The first-order valence-corrected chi connectivity index (χ1v) is 3.88. The summed E-state index contributed by atoms with van der Waals surface area (Å²) in [5.41, 5.74) is 4.33. The largest absolute Gasteiger partial charge is 0.328 e. The third-order valence-electron chi connectivity index (χ3n) is 1.34. The van der Waals surface area contributed by atoms with Gasteiger partial charge in [-0.25, -0.2) is 0 Å². The van der Waals surface area contributed by atoms with Gasteiger partial charge in [-0.15, -0.1) is 0 Å². The van der Waals surface area contributed by atoms with Gasteiger partial charge in [0.25, 0.3) is 0 Å². The van der Waals surface area contributed by atoms with Gasteiger partial charge in [0.05, 0.1) is 11.6 Å². The molecular formula is C8H16N4. The molecule has 0 saturated heterocycles. The van der Waals surface area contributed by atoms with Gasteiger partial charge >= 0.3 is 0 Å². The summed E-state index contributed by atoms with van der Waals surface area (Å²) < 4.78 is 0. The summed E-state index contributed by atoms with van der Waals surface area (Å²) >= 11 is 0. The van der Waals surface area contributed by atoms with E-state index >= 15 is 0 Å². The van der Waals surface area contributed by atoms with Crippen molar-refractivity contribution < 1.29 is 0 Å². The third-order valence-corrected chi connectivity index (χ3v) is 1.34. The first-order valence-electron chi connectivity index (χ1n) is 3.88. The molecule has 12 heavy (non-hydrogen) atoms. The molecule has 4 heteroatoms. The minimum absolute atomic E-state index is 0.367. The van der Waals surface area contributed by atoms with Gasteiger partial charge in [-0.2, -0.15) is 15.5 Å². The summed E-state index contributed by atoms with van der Waals surface area (Å²) in [7, 11) is 0. The van der Waals surface area contributed by atoms with Crippen molar-refractivity contribution in [3.05, 3.63) is 0 Å². The number of azo groups is 1. The molecule has 0 radical (unpaired) electrons. The van der Waals surface area contributed by atoms with E-state index in [9.17, 15) is 0 Å². The smallest absolute Gasteiger partial charge is 0.161 e. The van der Waals surface area contributed by atoms with Crippen LogP contribution in [-0.4, -0.2) is 17.6 Å². The number of nitrogens with zero attached hydrogens (tertiary/aromatic N) is 3. The Morgan fingerprint density at radius 3 is 2.08 bits per heavy atom. The van der Waals surface area contributed by atoms with Crippen LogP contribution in [0.2, 0.25) is 0 Å². The van der Waals surface area contributed by atoms with Crippen LogP contribution in [0.15, 0.2) is 10.2 Å². The zero-order chi connectivity index (χ0) is 9.83. The quantitative estimate of drug-likeness (QED) is 0.648. The summed E-state index contributed by atoms with van der Waals surface area (Å²) in [6.45, 7) is 7.61. The summed E-state index contributed by atoms with van der Waals surface area (Å²) in [5.74, 6) is 0. The number of hydrogen-bond donors (Lipinski definition) is 1. The van der Waals surface area contributed by atoms with Crippen molar-refractivity contribution in [2.75, 3.05) is 6.54 Å². The predicted octanol–water partition coefficient (Wildman–Crippen LogP) is 1.48.